The van der Waals surface area contributed by atoms with Gasteiger partial charge in [0.1, 0.15) is 12.2 Å². The first-order valence-electron chi connectivity index (χ1n) is 8.50. The van der Waals surface area contributed by atoms with E-state index in [4.69, 9.17) is 0 Å². The largest absolute Gasteiger partial charge is 0.388 e. The third-order valence-corrected chi connectivity index (χ3v) is 4.82. The van der Waals surface area contributed by atoms with Crippen LogP contribution in [0.25, 0.3) is 16.9 Å². The van der Waals surface area contributed by atoms with Crippen LogP contribution in [0.1, 0.15) is 18.7 Å². The van der Waals surface area contributed by atoms with Gasteiger partial charge in [-0.15, -0.1) is 0 Å². The van der Waals surface area contributed by atoms with E-state index in [0.717, 1.165) is 18.8 Å². The lowest BCUT2D eigenvalue weighted by Gasteiger charge is -2.32. The van der Waals surface area contributed by atoms with Gasteiger partial charge >= 0.3 is 0 Å². The van der Waals surface area contributed by atoms with Gasteiger partial charge in [-0.3, -0.25) is 13.9 Å². The molecule has 0 unspecified atom stereocenters. The molecule has 0 atom stereocenters. The molecule has 0 spiro atoms. The van der Waals surface area contributed by atoms with Crippen molar-refractivity contribution < 1.29 is 5.11 Å². The number of nitrogens with one attached hydrogen (secondary N) is 1. The Kier molecular flexibility index (Phi) is 3.89. The van der Waals surface area contributed by atoms with Gasteiger partial charge in [0.15, 0.2) is 11.2 Å². The molecule has 3 heterocycles. The fourth-order valence-electron chi connectivity index (χ4n) is 3.46. The highest BCUT2D eigenvalue weighted by atomic mass is 16.3. The van der Waals surface area contributed by atoms with Crippen molar-refractivity contribution in [3.8, 4) is 5.69 Å². The molecule has 2 N–H and O–H groups in total. The fraction of sp³-hybridized carbons (Fsp3) is 0.389. The topological polar surface area (TPSA) is 85.0 Å². The molecule has 0 radical (unpaired) electrons. The van der Waals surface area contributed by atoms with E-state index in [9.17, 15) is 9.90 Å². The summed E-state index contributed by atoms with van der Waals surface area (Å²) < 4.78 is 3.36. The van der Waals surface area contributed by atoms with Gasteiger partial charge in [0, 0.05) is 5.69 Å². The Morgan fingerprint density at radius 1 is 1.24 bits per heavy atom. The van der Waals surface area contributed by atoms with Gasteiger partial charge in [-0.2, -0.15) is 0 Å². The predicted octanol–water partition coefficient (Wildman–Crippen LogP) is 1.01. The molecule has 1 saturated heterocycles. The second-order valence-electron chi connectivity index (χ2n) is 6.65. The lowest BCUT2D eigenvalue weighted by Crippen LogP contribution is -2.46. The zero-order valence-electron chi connectivity index (χ0n) is 14.1. The average Bonchev–Trinajstić information content (AvgIpc) is 2.96. The van der Waals surface area contributed by atoms with Gasteiger partial charge in [-0.05, 0) is 45.0 Å². The molecular weight excluding hydrogens is 318 g/mol. The lowest BCUT2D eigenvalue weighted by molar-refractivity contribution is -0.00628. The van der Waals surface area contributed by atoms with Crippen LogP contribution in [-0.2, 0) is 6.54 Å². The highest BCUT2D eigenvalue weighted by Gasteiger charge is 2.30. The molecule has 7 heteroatoms. The number of benzene rings is 1. The molecule has 0 amide bonds. The molecule has 0 bridgehead atoms. The van der Waals surface area contributed by atoms with Crippen molar-refractivity contribution in [1.82, 2.24) is 24.4 Å². The van der Waals surface area contributed by atoms with Gasteiger partial charge in [0.25, 0.3) is 5.56 Å². The minimum Gasteiger partial charge on any atom is -0.388 e. The Hall–Kier alpha value is -2.51. The summed E-state index contributed by atoms with van der Waals surface area (Å²) in [6, 6.07) is 9.74. The number of hydrogen-bond donors (Lipinski definition) is 2. The second kappa shape index (κ2) is 6.09. The summed E-state index contributed by atoms with van der Waals surface area (Å²) in [6.07, 6.45) is 2.76. The van der Waals surface area contributed by atoms with Crippen molar-refractivity contribution in [1.29, 1.82) is 0 Å². The quantitative estimate of drug-likeness (QED) is 0.744. The zero-order valence-corrected chi connectivity index (χ0v) is 14.1. The smallest absolute Gasteiger partial charge is 0.281 e. The molecule has 0 aliphatic carbocycles. The molecule has 1 aromatic carbocycles. The van der Waals surface area contributed by atoms with Crippen LogP contribution in [0.3, 0.4) is 0 Å². The summed E-state index contributed by atoms with van der Waals surface area (Å²) in [5.41, 5.74) is 0.712. The number of para-hydroxylation sites is 1. The summed E-state index contributed by atoms with van der Waals surface area (Å²) in [4.78, 5) is 21.8. The first-order chi connectivity index (χ1) is 12.1. The van der Waals surface area contributed by atoms with Gasteiger partial charge in [0.05, 0.1) is 12.1 Å². The molecule has 25 heavy (non-hydrogen) atoms. The normalized spacial score (nSPS) is 17.0. The number of aromatic nitrogens is 4. The highest BCUT2D eigenvalue weighted by molar-refractivity contribution is 5.72. The number of hydrogen-bond acceptors (Lipinski definition) is 5. The van der Waals surface area contributed by atoms with Crippen LogP contribution in [0, 0.1) is 6.92 Å². The van der Waals surface area contributed by atoms with Crippen molar-refractivity contribution in [3.63, 3.8) is 0 Å². The van der Waals surface area contributed by atoms with Crippen molar-refractivity contribution in [2.45, 2.75) is 31.9 Å². The number of fused-ring (bicyclic) bond motifs is 1. The van der Waals surface area contributed by atoms with Gasteiger partial charge in [0.2, 0.25) is 0 Å². The second-order valence-corrected chi connectivity index (χ2v) is 6.65. The van der Waals surface area contributed by atoms with Crippen molar-refractivity contribution >= 4 is 11.2 Å². The number of aryl methyl sites for hydroxylation is 1. The standard InChI is InChI=1S/C18H21N5O2/c1-13-21-15-16(23(13)14-5-3-2-4-6-14)20-12-22(17(15)24)11-18(25)7-9-19-10-8-18/h2-6,12,19,25H,7-11H2,1H3. The van der Waals surface area contributed by atoms with Crippen LogP contribution in [0.5, 0.6) is 0 Å². The van der Waals surface area contributed by atoms with E-state index in [0.29, 0.717) is 29.8 Å². The van der Waals surface area contributed by atoms with Crippen molar-refractivity contribution in [3.05, 3.63) is 52.8 Å². The maximum Gasteiger partial charge on any atom is 0.281 e. The number of piperidine rings is 1. The molecule has 1 aliphatic rings. The summed E-state index contributed by atoms with van der Waals surface area (Å²) in [5.74, 6) is 0.712. The summed E-state index contributed by atoms with van der Waals surface area (Å²) >= 11 is 0. The van der Waals surface area contributed by atoms with E-state index in [1.807, 2.05) is 41.8 Å². The SMILES string of the molecule is Cc1nc2c(=O)n(CC3(O)CCNCC3)cnc2n1-c1ccccc1. The van der Waals surface area contributed by atoms with Gasteiger partial charge in [-0.1, -0.05) is 18.2 Å². The van der Waals surface area contributed by atoms with E-state index in [1.54, 1.807) is 0 Å². The lowest BCUT2D eigenvalue weighted by atomic mass is 9.92. The maximum absolute atomic E-state index is 12.9. The highest BCUT2D eigenvalue weighted by Crippen LogP contribution is 2.21. The fourth-order valence-corrected chi connectivity index (χ4v) is 3.46. The van der Waals surface area contributed by atoms with Crippen LogP contribution in [-0.4, -0.2) is 42.9 Å². The summed E-state index contributed by atoms with van der Waals surface area (Å²) in [6.45, 7) is 3.61. The summed E-state index contributed by atoms with van der Waals surface area (Å²) in [7, 11) is 0. The van der Waals surface area contributed by atoms with Crippen molar-refractivity contribution in [2.75, 3.05) is 13.1 Å². The van der Waals surface area contributed by atoms with Crippen LogP contribution in [0.2, 0.25) is 0 Å². The number of rotatable bonds is 3. The van der Waals surface area contributed by atoms with E-state index in [1.165, 1.54) is 10.9 Å². The molecule has 1 aliphatic heterocycles. The van der Waals surface area contributed by atoms with Crippen LogP contribution in [0.15, 0.2) is 41.5 Å². The van der Waals surface area contributed by atoms with E-state index < -0.39 is 5.60 Å². The third-order valence-electron chi connectivity index (χ3n) is 4.82. The molecule has 3 aromatic rings. The molecule has 4 rings (SSSR count). The first-order valence-corrected chi connectivity index (χ1v) is 8.50. The number of imidazole rings is 1. The molecule has 0 saturated carbocycles. The number of nitrogens with zero attached hydrogens (tertiary/aromatic N) is 4. The minimum absolute atomic E-state index is 0.213. The number of aliphatic hydroxyl groups is 1. The maximum atomic E-state index is 12.9. The van der Waals surface area contributed by atoms with Crippen LogP contribution >= 0.6 is 0 Å². The third kappa shape index (κ3) is 2.85. The van der Waals surface area contributed by atoms with Gasteiger partial charge < -0.3 is 10.4 Å². The van der Waals surface area contributed by atoms with E-state index in [2.05, 4.69) is 15.3 Å². The van der Waals surface area contributed by atoms with E-state index in [-0.39, 0.29) is 12.1 Å². The Labute approximate surface area is 145 Å². The molecule has 2 aromatic heterocycles. The van der Waals surface area contributed by atoms with Gasteiger partial charge in [-0.25, -0.2) is 9.97 Å². The minimum atomic E-state index is -0.874. The Balaban J connectivity index is 1.78. The Bertz CT molecular complexity index is 955. The van der Waals surface area contributed by atoms with Crippen LogP contribution in [0.4, 0.5) is 0 Å². The molecular formula is C18H21N5O2. The summed E-state index contributed by atoms with van der Waals surface area (Å²) in [5, 5.41) is 13.9. The molecule has 1 fully saturated rings. The average molecular weight is 339 g/mol. The zero-order chi connectivity index (χ0) is 17.4. The molecule has 130 valence electrons. The Morgan fingerprint density at radius 3 is 2.68 bits per heavy atom. The first kappa shape index (κ1) is 16.0. The van der Waals surface area contributed by atoms with Crippen molar-refractivity contribution in [2.24, 2.45) is 0 Å². The molecule has 7 nitrogen and oxygen atoms in total. The van der Waals surface area contributed by atoms with Crippen LogP contribution < -0.4 is 10.9 Å². The van der Waals surface area contributed by atoms with E-state index >= 15 is 0 Å². The Morgan fingerprint density at radius 2 is 1.96 bits per heavy atom. The predicted molar refractivity (Wildman–Crippen MR) is 94.9 cm³/mol. The monoisotopic (exact) mass is 339 g/mol.